The van der Waals surface area contributed by atoms with E-state index in [0.717, 1.165) is 5.69 Å². The number of nitrogens with two attached hydrogens (primary N) is 1. The maximum atomic E-state index is 10.2. The standard InChI is InChI=1S/C7H11N3O2.2ClH/c1-10-6(2-3-7(11)12)5(8)4-9-10;;/h4H,2-3,8H2,1H3,(H,11,12);2*1H. The molecule has 7 heteroatoms. The smallest absolute Gasteiger partial charge is 0.303 e. The summed E-state index contributed by atoms with van der Waals surface area (Å²) in [6.07, 6.45) is 2.04. The van der Waals surface area contributed by atoms with Crippen LogP contribution in [-0.4, -0.2) is 20.9 Å². The molecule has 0 saturated carbocycles. The monoisotopic (exact) mass is 241 g/mol. The van der Waals surface area contributed by atoms with Gasteiger partial charge < -0.3 is 10.8 Å². The quantitative estimate of drug-likeness (QED) is 0.823. The highest BCUT2D eigenvalue weighted by Crippen LogP contribution is 2.11. The van der Waals surface area contributed by atoms with E-state index in [1.807, 2.05) is 0 Å². The van der Waals surface area contributed by atoms with E-state index < -0.39 is 5.97 Å². The number of aliphatic carboxylic acids is 1. The van der Waals surface area contributed by atoms with Gasteiger partial charge in [-0.15, -0.1) is 24.8 Å². The van der Waals surface area contributed by atoms with Crippen LogP contribution < -0.4 is 5.73 Å². The second-order valence-corrected chi connectivity index (χ2v) is 2.56. The van der Waals surface area contributed by atoms with Crippen molar-refractivity contribution in [3.05, 3.63) is 11.9 Å². The molecule has 82 valence electrons. The summed E-state index contributed by atoms with van der Waals surface area (Å²) < 4.78 is 1.60. The molecule has 0 amide bonds. The second-order valence-electron chi connectivity index (χ2n) is 2.56. The molecule has 0 fully saturated rings. The van der Waals surface area contributed by atoms with Crippen molar-refractivity contribution in [2.24, 2.45) is 7.05 Å². The number of carboxylic acids is 1. The van der Waals surface area contributed by atoms with Crippen LogP contribution >= 0.6 is 24.8 Å². The summed E-state index contributed by atoms with van der Waals surface area (Å²) >= 11 is 0. The third kappa shape index (κ3) is 3.85. The number of hydrogen-bond acceptors (Lipinski definition) is 3. The molecule has 0 aliphatic carbocycles. The molecule has 0 spiro atoms. The Hall–Kier alpha value is -0.940. The number of aromatic nitrogens is 2. The van der Waals surface area contributed by atoms with E-state index in [9.17, 15) is 4.79 Å². The van der Waals surface area contributed by atoms with Crippen molar-refractivity contribution in [3.63, 3.8) is 0 Å². The molecule has 1 aromatic heterocycles. The van der Waals surface area contributed by atoms with Gasteiger partial charge in [-0.2, -0.15) is 5.10 Å². The summed E-state index contributed by atoms with van der Waals surface area (Å²) in [7, 11) is 1.74. The summed E-state index contributed by atoms with van der Waals surface area (Å²) in [5.41, 5.74) is 6.88. The number of halogens is 2. The zero-order chi connectivity index (χ0) is 9.14. The minimum absolute atomic E-state index is 0. The summed E-state index contributed by atoms with van der Waals surface area (Å²) in [6.45, 7) is 0. The van der Waals surface area contributed by atoms with Crippen molar-refractivity contribution < 1.29 is 9.90 Å². The first-order valence-corrected chi connectivity index (χ1v) is 3.59. The lowest BCUT2D eigenvalue weighted by Gasteiger charge is -1.99. The lowest BCUT2D eigenvalue weighted by atomic mass is 10.2. The van der Waals surface area contributed by atoms with Crippen LogP contribution in [0.5, 0.6) is 0 Å². The first-order valence-electron chi connectivity index (χ1n) is 3.59. The van der Waals surface area contributed by atoms with Crippen molar-refractivity contribution in [1.82, 2.24) is 9.78 Å². The molecule has 1 rings (SSSR count). The topological polar surface area (TPSA) is 81.1 Å². The molecule has 0 aliphatic rings. The normalized spacial score (nSPS) is 8.64. The van der Waals surface area contributed by atoms with Crippen molar-refractivity contribution >= 4 is 36.5 Å². The van der Waals surface area contributed by atoms with Gasteiger partial charge in [0.1, 0.15) is 0 Å². The van der Waals surface area contributed by atoms with Crippen LogP contribution in [0.25, 0.3) is 0 Å². The van der Waals surface area contributed by atoms with Crippen molar-refractivity contribution in [2.45, 2.75) is 12.8 Å². The van der Waals surface area contributed by atoms with Gasteiger partial charge in [0.2, 0.25) is 0 Å². The number of carboxylic acid groups (broad SMARTS) is 1. The molecule has 14 heavy (non-hydrogen) atoms. The highest BCUT2D eigenvalue weighted by Gasteiger charge is 2.06. The molecule has 1 heterocycles. The number of carbonyl (C=O) groups is 1. The van der Waals surface area contributed by atoms with Crippen molar-refractivity contribution in [3.8, 4) is 0 Å². The predicted octanol–water partition coefficient (Wildman–Crippen LogP) is 0.863. The molecular formula is C7H13Cl2N3O2. The minimum atomic E-state index is -0.824. The Morgan fingerprint density at radius 3 is 2.57 bits per heavy atom. The SMILES string of the molecule is Cl.Cl.Cn1ncc(N)c1CCC(=O)O. The molecule has 5 nitrogen and oxygen atoms in total. The van der Waals surface area contributed by atoms with Gasteiger partial charge in [-0.3, -0.25) is 9.48 Å². The van der Waals surface area contributed by atoms with Gasteiger partial charge in [0, 0.05) is 13.5 Å². The average Bonchev–Trinajstić information content (AvgIpc) is 2.28. The average molecular weight is 242 g/mol. The van der Waals surface area contributed by atoms with E-state index in [0.29, 0.717) is 12.1 Å². The second kappa shape index (κ2) is 6.50. The number of hydrogen-bond donors (Lipinski definition) is 2. The largest absolute Gasteiger partial charge is 0.481 e. The first-order chi connectivity index (χ1) is 5.61. The Bertz CT molecular complexity index is 282. The lowest BCUT2D eigenvalue weighted by molar-refractivity contribution is -0.136. The molecule has 0 aromatic carbocycles. The summed E-state index contributed by atoms with van der Waals surface area (Å²) in [5.74, 6) is -0.824. The number of nitrogen functional groups attached to an aromatic ring is 1. The Morgan fingerprint density at radius 1 is 1.64 bits per heavy atom. The molecule has 0 atom stereocenters. The van der Waals surface area contributed by atoms with Crippen LogP contribution in [0.2, 0.25) is 0 Å². The predicted molar refractivity (Wildman–Crippen MR) is 58.1 cm³/mol. The third-order valence-corrected chi connectivity index (χ3v) is 1.67. The van der Waals surface area contributed by atoms with E-state index in [-0.39, 0.29) is 31.2 Å². The molecule has 0 saturated heterocycles. The Kier molecular flexibility index (Phi) is 7.21. The Labute approximate surface area is 94.1 Å². The Balaban J connectivity index is 0. The van der Waals surface area contributed by atoms with Crippen LogP contribution in [0.3, 0.4) is 0 Å². The molecule has 1 aromatic rings. The molecule has 0 aliphatic heterocycles. The maximum absolute atomic E-state index is 10.2. The molecule has 3 N–H and O–H groups in total. The highest BCUT2D eigenvalue weighted by molar-refractivity contribution is 5.85. The van der Waals surface area contributed by atoms with E-state index in [1.165, 1.54) is 6.20 Å². The highest BCUT2D eigenvalue weighted by atomic mass is 35.5. The summed E-state index contributed by atoms with van der Waals surface area (Å²) in [4.78, 5) is 10.2. The molecule has 0 radical (unpaired) electrons. The zero-order valence-electron chi connectivity index (χ0n) is 7.64. The lowest BCUT2D eigenvalue weighted by Crippen LogP contribution is -2.04. The van der Waals surface area contributed by atoms with Gasteiger partial charge in [0.05, 0.1) is 24.0 Å². The van der Waals surface area contributed by atoms with E-state index in [4.69, 9.17) is 10.8 Å². The fourth-order valence-electron chi connectivity index (χ4n) is 1.01. The number of anilines is 1. The Morgan fingerprint density at radius 2 is 2.21 bits per heavy atom. The molecule has 0 bridgehead atoms. The summed E-state index contributed by atoms with van der Waals surface area (Å²) in [5, 5.41) is 12.3. The summed E-state index contributed by atoms with van der Waals surface area (Å²) in [6, 6.07) is 0. The number of aryl methyl sites for hydroxylation is 1. The van der Waals surface area contributed by atoms with Gasteiger partial charge >= 0.3 is 5.97 Å². The van der Waals surface area contributed by atoms with Crippen LogP contribution in [0.15, 0.2) is 6.20 Å². The zero-order valence-corrected chi connectivity index (χ0v) is 9.27. The maximum Gasteiger partial charge on any atom is 0.303 e. The third-order valence-electron chi connectivity index (χ3n) is 1.67. The number of rotatable bonds is 3. The van der Waals surface area contributed by atoms with Crippen molar-refractivity contribution in [1.29, 1.82) is 0 Å². The van der Waals surface area contributed by atoms with Crippen LogP contribution in [0, 0.1) is 0 Å². The van der Waals surface area contributed by atoms with Gasteiger partial charge in [0.15, 0.2) is 0 Å². The molecule has 0 unspecified atom stereocenters. The van der Waals surface area contributed by atoms with Gasteiger partial charge in [-0.1, -0.05) is 0 Å². The fourth-order valence-corrected chi connectivity index (χ4v) is 1.01. The van der Waals surface area contributed by atoms with E-state index >= 15 is 0 Å². The fraction of sp³-hybridized carbons (Fsp3) is 0.429. The van der Waals surface area contributed by atoms with Crippen LogP contribution in [0.1, 0.15) is 12.1 Å². The van der Waals surface area contributed by atoms with Gasteiger partial charge in [0.25, 0.3) is 0 Å². The van der Waals surface area contributed by atoms with Crippen LogP contribution in [0.4, 0.5) is 5.69 Å². The molecular weight excluding hydrogens is 229 g/mol. The van der Waals surface area contributed by atoms with E-state index in [1.54, 1.807) is 11.7 Å². The number of nitrogens with zero attached hydrogens (tertiary/aromatic N) is 2. The minimum Gasteiger partial charge on any atom is -0.481 e. The first kappa shape index (κ1) is 15.5. The van der Waals surface area contributed by atoms with E-state index in [2.05, 4.69) is 5.10 Å². The van der Waals surface area contributed by atoms with Gasteiger partial charge in [-0.05, 0) is 0 Å². The van der Waals surface area contributed by atoms with Crippen LogP contribution in [-0.2, 0) is 18.3 Å². The van der Waals surface area contributed by atoms with Gasteiger partial charge in [-0.25, -0.2) is 0 Å². The van der Waals surface area contributed by atoms with Crippen molar-refractivity contribution in [2.75, 3.05) is 5.73 Å².